The van der Waals surface area contributed by atoms with Crippen LogP contribution in [0.3, 0.4) is 0 Å². The fourth-order valence-electron chi connectivity index (χ4n) is 1.94. The molecule has 2 N–H and O–H groups in total. The van der Waals surface area contributed by atoms with Gasteiger partial charge in [0.1, 0.15) is 0 Å². The molecule has 0 saturated heterocycles. The van der Waals surface area contributed by atoms with Crippen molar-refractivity contribution < 1.29 is 0 Å². The molecule has 1 aromatic carbocycles. The first-order valence-corrected chi connectivity index (χ1v) is 4.78. The minimum atomic E-state index is 0.925. The first-order valence-electron chi connectivity index (χ1n) is 4.78. The zero-order valence-electron chi connectivity index (χ0n) is 8.30. The van der Waals surface area contributed by atoms with E-state index in [4.69, 9.17) is 5.73 Å². The van der Waals surface area contributed by atoms with Crippen LogP contribution >= 0.6 is 0 Å². The second-order valence-electron chi connectivity index (χ2n) is 3.86. The maximum atomic E-state index is 5.87. The Kier molecular flexibility index (Phi) is 1.91. The highest BCUT2D eigenvalue weighted by Crippen LogP contribution is 2.29. The molecule has 0 amide bonds. The van der Waals surface area contributed by atoms with E-state index in [1.165, 1.54) is 29.7 Å². The molecule has 0 aliphatic carbocycles. The number of rotatable bonds is 0. The monoisotopic (exact) mass is 176 g/mol. The lowest BCUT2D eigenvalue weighted by atomic mass is 9.99. The fraction of sp³-hybridized carbons (Fsp3) is 0.455. The van der Waals surface area contributed by atoms with Crippen molar-refractivity contribution in [1.29, 1.82) is 0 Å². The minimum absolute atomic E-state index is 0.925. The largest absolute Gasteiger partial charge is 0.399 e. The van der Waals surface area contributed by atoms with Crippen LogP contribution in [0.2, 0.25) is 0 Å². The van der Waals surface area contributed by atoms with Gasteiger partial charge in [-0.1, -0.05) is 0 Å². The van der Waals surface area contributed by atoms with Crippen molar-refractivity contribution in [2.75, 3.05) is 24.2 Å². The topological polar surface area (TPSA) is 29.3 Å². The van der Waals surface area contributed by atoms with Gasteiger partial charge in [-0.25, -0.2) is 0 Å². The molecule has 0 atom stereocenters. The Labute approximate surface area is 79.4 Å². The molecule has 1 aliphatic rings. The lowest BCUT2D eigenvalue weighted by Gasteiger charge is -2.28. The highest BCUT2D eigenvalue weighted by Gasteiger charge is 2.14. The zero-order valence-corrected chi connectivity index (χ0v) is 8.30. The van der Waals surface area contributed by atoms with Crippen molar-refractivity contribution in [3.05, 3.63) is 23.3 Å². The van der Waals surface area contributed by atoms with Crippen molar-refractivity contribution >= 4 is 11.4 Å². The number of benzene rings is 1. The highest BCUT2D eigenvalue weighted by molar-refractivity contribution is 5.64. The second-order valence-corrected chi connectivity index (χ2v) is 3.86. The SMILES string of the molecule is Cc1cc2c(cc1N)CCCN2C. The Morgan fingerprint density at radius 1 is 1.38 bits per heavy atom. The summed E-state index contributed by atoms with van der Waals surface area (Å²) in [4.78, 5) is 2.31. The van der Waals surface area contributed by atoms with Gasteiger partial charge in [0.25, 0.3) is 0 Å². The van der Waals surface area contributed by atoms with Crippen LogP contribution in [0.1, 0.15) is 17.5 Å². The molecule has 0 fully saturated rings. The van der Waals surface area contributed by atoms with Gasteiger partial charge < -0.3 is 10.6 Å². The third-order valence-corrected chi connectivity index (χ3v) is 2.82. The molecular weight excluding hydrogens is 160 g/mol. The van der Waals surface area contributed by atoms with Gasteiger partial charge in [-0.3, -0.25) is 0 Å². The van der Waals surface area contributed by atoms with E-state index in [0.29, 0.717) is 0 Å². The summed E-state index contributed by atoms with van der Waals surface area (Å²) in [7, 11) is 2.15. The smallest absolute Gasteiger partial charge is 0.0400 e. The lowest BCUT2D eigenvalue weighted by molar-refractivity contribution is 0.744. The Morgan fingerprint density at radius 3 is 2.92 bits per heavy atom. The summed E-state index contributed by atoms with van der Waals surface area (Å²) in [5.74, 6) is 0. The number of nitrogen functional groups attached to an aromatic ring is 1. The average molecular weight is 176 g/mol. The maximum Gasteiger partial charge on any atom is 0.0400 e. The van der Waals surface area contributed by atoms with E-state index in [1.54, 1.807) is 0 Å². The van der Waals surface area contributed by atoms with Gasteiger partial charge >= 0.3 is 0 Å². The molecule has 13 heavy (non-hydrogen) atoms. The molecule has 1 aliphatic heterocycles. The predicted octanol–water partition coefficient (Wildman–Crippen LogP) is 1.96. The Hall–Kier alpha value is -1.18. The zero-order chi connectivity index (χ0) is 9.42. The van der Waals surface area contributed by atoms with Crippen LogP contribution in [0.5, 0.6) is 0 Å². The number of anilines is 2. The van der Waals surface area contributed by atoms with Gasteiger partial charge in [-0.15, -0.1) is 0 Å². The summed E-state index contributed by atoms with van der Waals surface area (Å²) in [5.41, 5.74) is 10.7. The van der Waals surface area contributed by atoms with Gasteiger partial charge in [0.15, 0.2) is 0 Å². The summed E-state index contributed by atoms with van der Waals surface area (Å²) >= 11 is 0. The molecule has 0 radical (unpaired) electrons. The van der Waals surface area contributed by atoms with Gasteiger partial charge in [-0.2, -0.15) is 0 Å². The Morgan fingerprint density at radius 2 is 2.15 bits per heavy atom. The number of aryl methyl sites for hydroxylation is 2. The molecule has 0 saturated carbocycles. The van der Waals surface area contributed by atoms with Crippen LogP contribution in [0.4, 0.5) is 11.4 Å². The van der Waals surface area contributed by atoms with E-state index in [1.807, 2.05) is 0 Å². The molecule has 1 heterocycles. The molecular formula is C11H16N2. The Balaban J connectivity index is 2.52. The molecule has 1 aromatic rings. The van der Waals surface area contributed by atoms with E-state index >= 15 is 0 Å². The molecule has 0 unspecified atom stereocenters. The molecule has 0 bridgehead atoms. The van der Waals surface area contributed by atoms with Crippen molar-refractivity contribution in [2.45, 2.75) is 19.8 Å². The van der Waals surface area contributed by atoms with Gasteiger partial charge in [0, 0.05) is 25.0 Å². The van der Waals surface area contributed by atoms with Crippen molar-refractivity contribution in [3.8, 4) is 0 Å². The molecule has 2 heteroatoms. The predicted molar refractivity (Wildman–Crippen MR) is 57.2 cm³/mol. The minimum Gasteiger partial charge on any atom is -0.399 e. The second kappa shape index (κ2) is 2.95. The quantitative estimate of drug-likeness (QED) is 0.612. The Bertz CT molecular complexity index is 331. The highest BCUT2D eigenvalue weighted by atomic mass is 15.1. The van der Waals surface area contributed by atoms with E-state index in [2.05, 4.69) is 31.0 Å². The summed E-state index contributed by atoms with van der Waals surface area (Å²) < 4.78 is 0. The van der Waals surface area contributed by atoms with E-state index in [9.17, 15) is 0 Å². The first-order chi connectivity index (χ1) is 6.18. The van der Waals surface area contributed by atoms with Crippen LogP contribution in [0, 0.1) is 6.92 Å². The lowest BCUT2D eigenvalue weighted by Crippen LogP contribution is -2.24. The number of fused-ring (bicyclic) bond motifs is 1. The molecule has 0 spiro atoms. The van der Waals surface area contributed by atoms with Crippen LogP contribution in [0.15, 0.2) is 12.1 Å². The van der Waals surface area contributed by atoms with E-state index in [-0.39, 0.29) is 0 Å². The van der Waals surface area contributed by atoms with Crippen molar-refractivity contribution in [1.82, 2.24) is 0 Å². The van der Waals surface area contributed by atoms with Gasteiger partial charge in [0.05, 0.1) is 0 Å². The third-order valence-electron chi connectivity index (χ3n) is 2.82. The van der Waals surface area contributed by atoms with Crippen LogP contribution in [0.25, 0.3) is 0 Å². The standard InChI is InChI=1S/C11H16N2/c1-8-6-11-9(7-10(8)12)4-3-5-13(11)2/h6-7H,3-5,12H2,1-2H3. The number of hydrogen-bond acceptors (Lipinski definition) is 2. The van der Waals surface area contributed by atoms with E-state index < -0.39 is 0 Å². The average Bonchev–Trinajstić information content (AvgIpc) is 2.09. The number of hydrogen-bond donors (Lipinski definition) is 1. The van der Waals surface area contributed by atoms with E-state index in [0.717, 1.165) is 12.2 Å². The first kappa shape index (κ1) is 8.42. The number of nitrogens with zero attached hydrogens (tertiary/aromatic N) is 1. The normalized spacial score (nSPS) is 15.7. The molecule has 2 nitrogen and oxygen atoms in total. The van der Waals surface area contributed by atoms with Crippen LogP contribution in [-0.2, 0) is 6.42 Å². The summed E-state index contributed by atoms with van der Waals surface area (Å²) in [6.07, 6.45) is 2.41. The number of nitrogens with two attached hydrogens (primary N) is 1. The fourth-order valence-corrected chi connectivity index (χ4v) is 1.94. The maximum absolute atomic E-state index is 5.87. The summed E-state index contributed by atoms with van der Waals surface area (Å²) in [6.45, 7) is 3.23. The van der Waals surface area contributed by atoms with Gasteiger partial charge in [0.2, 0.25) is 0 Å². The molecule has 0 aromatic heterocycles. The molecule has 70 valence electrons. The summed E-state index contributed by atoms with van der Waals surface area (Å²) in [6, 6.07) is 4.32. The van der Waals surface area contributed by atoms with Crippen molar-refractivity contribution in [3.63, 3.8) is 0 Å². The third kappa shape index (κ3) is 1.37. The van der Waals surface area contributed by atoms with Gasteiger partial charge in [-0.05, 0) is 43.0 Å². The summed E-state index contributed by atoms with van der Waals surface area (Å²) in [5, 5.41) is 0. The molecule has 2 rings (SSSR count). The van der Waals surface area contributed by atoms with Crippen LogP contribution < -0.4 is 10.6 Å². The van der Waals surface area contributed by atoms with Crippen LogP contribution in [-0.4, -0.2) is 13.6 Å². The van der Waals surface area contributed by atoms with Crippen molar-refractivity contribution in [2.24, 2.45) is 0 Å².